The van der Waals surface area contributed by atoms with E-state index in [0.29, 0.717) is 5.76 Å². The Hall–Kier alpha value is -3.77. The smallest absolute Gasteiger partial charge is 0.138 e. The number of aryl methyl sites for hydroxylation is 1. The van der Waals surface area contributed by atoms with Crippen molar-refractivity contribution in [3.8, 4) is 22.4 Å². The lowest BCUT2D eigenvalue weighted by Crippen LogP contribution is -2.44. The number of likely N-dealkylation sites (N-methyl/N-ethyl adjacent to an activating group) is 1. The summed E-state index contributed by atoms with van der Waals surface area (Å²) in [6, 6.07) is 17.2. The molecular weight excluding hydrogens is 446 g/mol. The summed E-state index contributed by atoms with van der Waals surface area (Å²) in [4.78, 5) is 13.1. The van der Waals surface area contributed by atoms with E-state index >= 15 is 0 Å². The minimum Gasteiger partial charge on any atom is -0.491 e. The Kier molecular flexibility index (Phi) is 6.46. The molecule has 6 nitrogen and oxygen atoms in total. The number of nitrogens with zero attached hydrogens (tertiary/aromatic N) is 3. The predicted octanol–water partition coefficient (Wildman–Crippen LogP) is 5.94. The molecule has 6 heteroatoms. The maximum atomic E-state index is 6.34. The molecule has 1 saturated heterocycles. The largest absolute Gasteiger partial charge is 0.491 e. The van der Waals surface area contributed by atoms with Gasteiger partial charge < -0.3 is 25.3 Å². The zero-order chi connectivity index (χ0) is 25.4. The number of aromatic amines is 1. The molecule has 0 aliphatic carbocycles. The van der Waals surface area contributed by atoms with Gasteiger partial charge in [-0.25, -0.2) is 4.98 Å². The maximum absolute atomic E-state index is 6.34. The van der Waals surface area contributed by atoms with Crippen LogP contribution >= 0.6 is 0 Å². The first-order chi connectivity index (χ1) is 17.3. The quantitative estimate of drug-likeness (QED) is 0.264. The van der Waals surface area contributed by atoms with Gasteiger partial charge in [-0.05, 0) is 68.8 Å². The van der Waals surface area contributed by atoms with E-state index in [4.69, 9.17) is 15.5 Å². The second-order valence-corrected chi connectivity index (χ2v) is 9.99. The van der Waals surface area contributed by atoms with Crippen molar-refractivity contribution in [1.29, 1.82) is 0 Å². The van der Waals surface area contributed by atoms with Crippen molar-refractivity contribution in [1.82, 2.24) is 14.9 Å². The number of fused-ring (bicyclic) bond motifs is 1. The van der Waals surface area contributed by atoms with E-state index in [0.717, 1.165) is 76.4 Å². The number of nitrogens with one attached hydrogen (secondary N) is 1. The van der Waals surface area contributed by atoms with Crippen LogP contribution in [0.1, 0.15) is 25.0 Å². The van der Waals surface area contributed by atoms with Crippen molar-refractivity contribution in [3.63, 3.8) is 0 Å². The molecule has 186 valence electrons. The van der Waals surface area contributed by atoms with Crippen molar-refractivity contribution in [3.05, 3.63) is 72.4 Å². The predicted molar refractivity (Wildman–Crippen MR) is 151 cm³/mol. The Morgan fingerprint density at radius 1 is 1.03 bits per heavy atom. The van der Waals surface area contributed by atoms with Crippen molar-refractivity contribution >= 4 is 28.2 Å². The van der Waals surface area contributed by atoms with Gasteiger partial charge in [-0.3, -0.25) is 0 Å². The minimum atomic E-state index is 0.0465. The molecule has 3 N–H and O–H groups in total. The number of hydrogen-bond donors (Lipinski definition) is 2. The zero-order valence-corrected chi connectivity index (χ0v) is 21.6. The summed E-state index contributed by atoms with van der Waals surface area (Å²) in [5.41, 5.74) is 15.4. The number of rotatable bonds is 6. The lowest BCUT2D eigenvalue weighted by Gasteiger charge is -2.34. The number of nitrogens with two attached hydrogens (primary N) is 1. The van der Waals surface area contributed by atoms with Crippen LogP contribution < -0.4 is 10.6 Å². The van der Waals surface area contributed by atoms with E-state index < -0.39 is 0 Å². The molecule has 36 heavy (non-hydrogen) atoms. The van der Waals surface area contributed by atoms with Gasteiger partial charge in [0, 0.05) is 60.3 Å². The van der Waals surface area contributed by atoms with Crippen LogP contribution in [-0.4, -0.2) is 54.2 Å². The normalized spacial score (nSPS) is 14.5. The number of H-pyrrole nitrogens is 1. The number of piperazine rings is 1. The lowest BCUT2D eigenvalue weighted by molar-refractivity contribution is 0.205. The molecule has 3 heterocycles. The summed E-state index contributed by atoms with van der Waals surface area (Å²) < 4.78 is 5.86. The van der Waals surface area contributed by atoms with Gasteiger partial charge in [-0.1, -0.05) is 30.8 Å². The SMILES string of the molecule is C=C(OC(C)C)c1cnc2[nH]c(-c3ccc(N4CCN(C)CC4)cc3)c(-c3ccc(C)c(N)c3)c2c1. The fraction of sp³-hybridized carbons (Fsp3) is 0.300. The van der Waals surface area contributed by atoms with E-state index in [-0.39, 0.29) is 6.10 Å². The highest BCUT2D eigenvalue weighted by Gasteiger charge is 2.19. The molecule has 0 radical (unpaired) electrons. The first-order valence-corrected chi connectivity index (χ1v) is 12.6. The fourth-order valence-corrected chi connectivity index (χ4v) is 4.79. The standard InChI is InChI=1S/C30H35N5O/c1-19(2)36-21(4)24-16-26-28(23-7-6-20(3)27(31)17-23)29(33-30(26)32-18-24)22-8-10-25(11-9-22)35-14-12-34(5)13-15-35/h6-11,16-19H,4,12-15,31H2,1-3,5H3,(H,32,33). The van der Waals surface area contributed by atoms with E-state index in [1.807, 2.05) is 33.0 Å². The van der Waals surface area contributed by atoms with Gasteiger partial charge in [-0.15, -0.1) is 0 Å². The average Bonchev–Trinajstić information content (AvgIpc) is 3.25. The Bertz CT molecular complexity index is 1400. The van der Waals surface area contributed by atoms with Crippen LogP contribution in [0.2, 0.25) is 0 Å². The summed E-state index contributed by atoms with van der Waals surface area (Å²) >= 11 is 0. The molecular formula is C30H35N5O. The number of anilines is 2. The zero-order valence-electron chi connectivity index (χ0n) is 21.6. The van der Waals surface area contributed by atoms with Gasteiger partial charge in [0.05, 0.1) is 11.8 Å². The first kappa shape index (κ1) is 23.9. The molecule has 0 atom stereocenters. The van der Waals surface area contributed by atoms with Gasteiger partial charge in [0.1, 0.15) is 11.4 Å². The van der Waals surface area contributed by atoms with Crippen LogP contribution in [0.3, 0.4) is 0 Å². The van der Waals surface area contributed by atoms with E-state index in [1.165, 1.54) is 5.69 Å². The van der Waals surface area contributed by atoms with Crippen molar-refractivity contribution in [2.45, 2.75) is 26.9 Å². The molecule has 0 bridgehead atoms. The topological polar surface area (TPSA) is 70.4 Å². The maximum Gasteiger partial charge on any atom is 0.138 e. The van der Waals surface area contributed by atoms with Crippen LogP contribution in [0, 0.1) is 6.92 Å². The molecule has 1 fully saturated rings. The molecule has 5 rings (SSSR count). The van der Waals surface area contributed by atoms with Crippen molar-refractivity contribution < 1.29 is 4.74 Å². The molecule has 0 unspecified atom stereocenters. The Labute approximate surface area is 213 Å². The lowest BCUT2D eigenvalue weighted by atomic mass is 9.96. The number of nitrogen functional groups attached to an aromatic ring is 1. The summed E-state index contributed by atoms with van der Waals surface area (Å²) in [7, 11) is 2.18. The van der Waals surface area contributed by atoms with Crippen LogP contribution in [0.4, 0.5) is 11.4 Å². The Morgan fingerprint density at radius 3 is 2.39 bits per heavy atom. The third-order valence-electron chi connectivity index (χ3n) is 6.94. The van der Waals surface area contributed by atoms with E-state index in [2.05, 4.69) is 70.9 Å². The molecule has 1 aliphatic heterocycles. The van der Waals surface area contributed by atoms with Gasteiger partial charge in [0.2, 0.25) is 0 Å². The average molecular weight is 482 g/mol. The Balaban J connectivity index is 1.60. The number of ether oxygens (including phenoxy) is 1. The molecule has 0 amide bonds. The number of benzene rings is 2. The highest BCUT2D eigenvalue weighted by Crippen LogP contribution is 2.40. The van der Waals surface area contributed by atoms with Gasteiger partial charge in [-0.2, -0.15) is 0 Å². The third kappa shape index (κ3) is 4.69. The second kappa shape index (κ2) is 9.70. The monoisotopic (exact) mass is 481 g/mol. The van der Waals surface area contributed by atoms with E-state index in [9.17, 15) is 0 Å². The molecule has 1 aliphatic rings. The van der Waals surface area contributed by atoms with Crippen molar-refractivity contribution in [2.24, 2.45) is 0 Å². The van der Waals surface area contributed by atoms with Crippen LogP contribution in [0.5, 0.6) is 0 Å². The van der Waals surface area contributed by atoms with Crippen LogP contribution in [-0.2, 0) is 4.74 Å². The summed E-state index contributed by atoms with van der Waals surface area (Å²) in [5.74, 6) is 0.619. The number of hydrogen-bond acceptors (Lipinski definition) is 5. The highest BCUT2D eigenvalue weighted by molar-refractivity contribution is 6.03. The molecule has 0 spiro atoms. The second-order valence-electron chi connectivity index (χ2n) is 9.99. The third-order valence-corrected chi connectivity index (χ3v) is 6.94. The molecule has 2 aromatic carbocycles. The van der Waals surface area contributed by atoms with E-state index in [1.54, 1.807) is 0 Å². The van der Waals surface area contributed by atoms with Gasteiger partial charge in [0.25, 0.3) is 0 Å². The molecule has 0 saturated carbocycles. The minimum absolute atomic E-state index is 0.0465. The van der Waals surface area contributed by atoms with Gasteiger partial charge in [0.15, 0.2) is 0 Å². The summed E-state index contributed by atoms with van der Waals surface area (Å²) in [6.45, 7) is 14.4. The van der Waals surface area contributed by atoms with Crippen molar-refractivity contribution in [2.75, 3.05) is 43.9 Å². The van der Waals surface area contributed by atoms with Crippen LogP contribution in [0.25, 0.3) is 39.2 Å². The van der Waals surface area contributed by atoms with Crippen LogP contribution in [0.15, 0.2) is 61.3 Å². The summed E-state index contributed by atoms with van der Waals surface area (Å²) in [5, 5.41) is 1.02. The fourth-order valence-electron chi connectivity index (χ4n) is 4.79. The molecule has 4 aromatic rings. The first-order valence-electron chi connectivity index (χ1n) is 12.6. The number of pyridine rings is 1. The number of aromatic nitrogens is 2. The summed E-state index contributed by atoms with van der Waals surface area (Å²) in [6.07, 6.45) is 1.86. The van der Waals surface area contributed by atoms with Gasteiger partial charge >= 0.3 is 0 Å². The molecule has 2 aromatic heterocycles. The Morgan fingerprint density at radius 2 is 1.72 bits per heavy atom. The highest BCUT2D eigenvalue weighted by atomic mass is 16.5.